The van der Waals surface area contributed by atoms with Gasteiger partial charge in [0.15, 0.2) is 0 Å². The van der Waals surface area contributed by atoms with Gasteiger partial charge in [-0.3, -0.25) is 0 Å². The van der Waals surface area contributed by atoms with E-state index in [0.717, 1.165) is 17.7 Å². The Kier molecular flexibility index (Phi) is 2.74. The molecule has 0 aliphatic carbocycles. The Balaban J connectivity index is 2.51. The van der Waals surface area contributed by atoms with E-state index >= 15 is 0 Å². The zero-order valence-corrected chi connectivity index (χ0v) is 9.40. The van der Waals surface area contributed by atoms with Crippen LogP contribution in [0, 0.1) is 5.82 Å². The fourth-order valence-electron chi connectivity index (χ4n) is 1.73. The van der Waals surface area contributed by atoms with Crippen LogP contribution in [-0.4, -0.2) is 13.7 Å². The van der Waals surface area contributed by atoms with E-state index in [4.69, 9.17) is 4.74 Å². The Hall–Kier alpha value is -0.610. The average Bonchev–Trinajstić information content (AvgIpc) is 2.17. The van der Waals surface area contributed by atoms with Crippen molar-refractivity contribution in [1.29, 1.82) is 0 Å². The molecule has 0 saturated heterocycles. The first kappa shape index (κ1) is 9.93. The summed E-state index contributed by atoms with van der Waals surface area (Å²) in [7, 11) is 1.87. The van der Waals surface area contributed by atoms with Crippen LogP contribution in [0.15, 0.2) is 16.6 Å². The lowest BCUT2D eigenvalue weighted by molar-refractivity contribution is 0.255. The van der Waals surface area contributed by atoms with Crippen molar-refractivity contribution < 1.29 is 9.13 Å². The monoisotopic (exact) mass is 259 g/mol. The van der Waals surface area contributed by atoms with Gasteiger partial charge in [0, 0.05) is 18.0 Å². The Bertz CT molecular complexity index is 356. The second kappa shape index (κ2) is 3.87. The molecule has 1 aromatic rings. The second-order valence-electron chi connectivity index (χ2n) is 3.28. The average molecular weight is 260 g/mol. The van der Waals surface area contributed by atoms with Gasteiger partial charge in [-0.25, -0.2) is 4.39 Å². The van der Waals surface area contributed by atoms with Crippen molar-refractivity contribution in [3.63, 3.8) is 0 Å². The van der Waals surface area contributed by atoms with Gasteiger partial charge < -0.3 is 10.1 Å². The van der Waals surface area contributed by atoms with Crippen LogP contribution in [0.5, 0.6) is 5.75 Å². The third-order valence-corrected chi connectivity index (χ3v) is 3.00. The third kappa shape index (κ3) is 1.64. The molecule has 0 fully saturated rings. The normalized spacial score (nSPS) is 20.1. The molecular formula is C10H11BrFNO. The summed E-state index contributed by atoms with van der Waals surface area (Å²) < 4.78 is 19.3. The molecule has 1 aromatic carbocycles. The highest BCUT2D eigenvalue weighted by Gasteiger charge is 2.22. The largest absolute Gasteiger partial charge is 0.492 e. The molecule has 76 valence electrons. The molecule has 2 rings (SSSR count). The van der Waals surface area contributed by atoms with Crippen LogP contribution in [0.4, 0.5) is 4.39 Å². The molecule has 0 amide bonds. The predicted octanol–water partition coefficient (Wildman–Crippen LogP) is 2.63. The number of ether oxygens (including phenoxy) is 1. The molecule has 0 aromatic heterocycles. The smallest absolute Gasteiger partial charge is 0.138 e. The van der Waals surface area contributed by atoms with Crippen LogP contribution in [0.1, 0.15) is 18.0 Å². The van der Waals surface area contributed by atoms with E-state index in [0.29, 0.717) is 11.1 Å². The summed E-state index contributed by atoms with van der Waals surface area (Å²) in [5.74, 6) is 0.526. The van der Waals surface area contributed by atoms with Crippen LogP contribution < -0.4 is 10.1 Å². The lowest BCUT2D eigenvalue weighted by atomic mass is 10.0. The Labute approximate surface area is 90.6 Å². The molecule has 1 aliphatic rings. The summed E-state index contributed by atoms with van der Waals surface area (Å²) in [6.45, 7) is 0.669. The van der Waals surface area contributed by atoms with E-state index in [9.17, 15) is 4.39 Å². The molecule has 1 atom stereocenters. The van der Waals surface area contributed by atoms with Crippen LogP contribution >= 0.6 is 15.9 Å². The molecule has 1 N–H and O–H groups in total. The predicted molar refractivity (Wildman–Crippen MR) is 56.0 cm³/mol. The van der Waals surface area contributed by atoms with E-state index in [-0.39, 0.29) is 11.9 Å². The highest BCUT2D eigenvalue weighted by atomic mass is 79.9. The fourth-order valence-corrected chi connectivity index (χ4v) is 2.29. The summed E-state index contributed by atoms with van der Waals surface area (Å²) in [6, 6.07) is 3.14. The highest BCUT2D eigenvalue weighted by Crippen LogP contribution is 2.38. The molecule has 0 saturated carbocycles. The number of fused-ring (bicyclic) bond motifs is 1. The topological polar surface area (TPSA) is 21.3 Å². The second-order valence-corrected chi connectivity index (χ2v) is 4.14. The van der Waals surface area contributed by atoms with Gasteiger partial charge in [0.1, 0.15) is 11.6 Å². The van der Waals surface area contributed by atoms with Crippen molar-refractivity contribution in [2.24, 2.45) is 0 Å². The van der Waals surface area contributed by atoms with Gasteiger partial charge >= 0.3 is 0 Å². The summed E-state index contributed by atoms with van der Waals surface area (Å²) in [5, 5.41) is 3.15. The van der Waals surface area contributed by atoms with E-state index < -0.39 is 0 Å². The van der Waals surface area contributed by atoms with E-state index in [1.165, 1.54) is 12.1 Å². The highest BCUT2D eigenvalue weighted by molar-refractivity contribution is 9.10. The van der Waals surface area contributed by atoms with Crippen molar-refractivity contribution in [1.82, 2.24) is 5.32 Å². The Morgan fingerprint density at radius 3 is 3.07 bits per heavy atom. The molecule has 2 nitrogen and oxygen atoms in total. The van der Waals surface area contributed by atoms with Gasteiger partial charge in [0.2, 0.25) is 0 Å². The van der Waals surface area contributed by atoms with Gasteiger partial charge in [-0.2, -0.15) is 0 Å². The minimum absolute atomic E-state index is 0.186. The molecule has 0 bridgehead atoms. The minimum atomic E-state index is -0.235. The van der Waals surface area contributed by atoms with Gasteiger partial charge in [0.25, 0.3) is 0 Å². The molecular weight excluding hydrogens is 249 g/mol. The zero-order valence-electron chi connectivity index (χ0n) is 7.81. The molecule has 0 spiro atoms. The summed E-state index contributed by atoms with van der Waals surface area (Å²) in [6.07, 6.45) is 0.874. The SMILES string of the molecule is CNC1CCOc2c(Br)cc(F)cc21. The summed E-state index contributed by atoms with van der Waals surface area (Å²) >= 11 is 3.30. The Morgan fingerprint density at radius 1 is 1.57 bits per heavy atom. The number of hydrogen-bond donors (Lipinski definition) is 1. The van der Waals surface area contributed by atoms with Crippen molar-refractivity contribution >= 4 is 15.9 Å². The van der Waals surface area contributed by atoms with Crippen LogP contribution in [-0.2, 0) is 0 Å². The van der Waals surface area contributed by atoms with E-state index in [1.807, 2.05) is 7.05 Å². The standard InChI is InChI=1S/C10H11BrFNO/c1-13-9-2-3-14-10-7(9)4-6(12)5-8(10)11/h4-5,9,13H,2-3H2,1H3. The number of benzene rings is 1. The molecule has 4 heteroatoms. The van der Waals surface area contributed by atoms with Crippen LogP contribution in [0.25, 0.3) is 0 Å². The maximum absolute atomic E-state index is 13.2. The van der Waals surface area contributed by atoms with Gasteiger partial charge in [-0.05, 0) is 35.1 Å². The third-order valence-electron chi connectivity index (χ3n) is 2.41. The van der Waals surface area contributed by atoms with Crippen molar-refractivity contribution in [2.45, 2.75) is 12.5 Å². The van der Waals surface area contributed by atoms with Gasteiger partial charge in [-0.15, -0.1) is 0 Å². The maximum Gasteiger partial charge on any atom is 0.138 e. The van der Waals surface area contributed by atoms with Gasteiger partial charge in [0.05, 0.1) is 11.1 Å². The maximum atomic E-state index is 13.2. The lowest BCUT2D eigenvalue weighted by Gasteiger charge is -2.26. The quantitative estimate of drug-likeness (QED) is 0.838. The fraction of sp³-hybridized carbons (Fsp3) is 0.400. The van der Waals surface area contributed by atoms with E-state index in [2.05, 4.69) is 21.2 Å². The van der Waals surface area contributed by atoms with Crippen LogP contribution in [0.2, 0.25) is 0 Å². The number of hydrogen-bond acceptors (Lipinski definition) is 2. The Morgan fingerprint density at radius 2 is 2.36 bits per heavy atom. The van der Waals surface area contributed by atoms with Crippen LogP contribution in [0.3, 0.4) is 0 Å². The van der Waals surface area contributed by atoms with E-state index in [1.54, 1.807) is 0 Å². The zero-order chi connectivity index (χ0) is 10.1. The van der Waals surface area contributed by atoms with Crippen molar-refractivity contribution in [3.8, 4) is 5.75 Å². The molecule has 1 aliphatic heterocycles. The first-order chi connectivity index (χ1) is 6.72. The van der Waals surface area contributed by atoms with Gasteiger partial charge in [-0.1, -0.05) is 0 Å². The molecule has 1 unspecified atom stereocenters. The first-order valence-electron chi connectivity index (χ1n) is 4.51. The first-order valence-corrected chi connectivity index (χ1v) is 5.30. The van der Waals surface area contributed by atoms with Crippen molar-refractivity contribution in [3.05, 3.63) is 28.0 Å². The number of rotatable bonds is 1. The minimum Gasteiger partial charge on any atom is -0.492 e. The summed E-state index contributed by atoms with van der Waals surface area (Å²) in [4.78, 5) is 0. The summed E-state index contributed by atoms with van der Waals surface area (Å²) in [5.41, 5.74) is 0.894. The van der Waals surface area contributed by atoms with Crippen molar-refractivity contribution in [2.75, 3.05) is 13.7 Å². The molecule has 1 heterocycles. The number of nitrogens with one attached hydrogen (secondary N) is 1. The molecule has 0 radical (unpaired) electrons. The lowest BCUT2D eigenvalue weighted by Crippen LogP contribution is -2.24. The number of halogens is 2. The molecule has 14 heavy (non-hydrogen) atoms.